The molecule has 2 saturated heterocycles. The van der Waals surface area contributed by atoms with Crippen molar-refractivity contribution in [2.24, 2.45) is 0 Å². The van der Waals surface area contributed by atoms with Gasteiger partial charge in [-0.15, -0.1) is 0 Å². The number of likely N-dealkylation sites (tertiary alicyclic amines) is 1. The van der Waals surface area contributed by atoms with E-state index in [1.165, 1.54) is 75.0 Å². The summed E-state index contributed by atoms with van der Waals surface area (Å²) in [7, 11) is 0. The number of hydrogen-bond donors (Lipinski definition) is 0. The molecule has 3 aliphatic rings. The van der Waals surface area contributed by atoms with E-state index in [-0.39, 0.29) is 0 Å². The topological polar surface area (TPSA) is 15.7 Å². The third-order valence-corrected chi connectivity index (χ3v) is 7.43. The fraction of sp³-hybridized carbons (Fsp3) is 0.538. The molecule has 2 aromatic carbocycles. The SMILES string of the molecule is Clc1ccc([C@H]2CN3CCC[C@@H]3c3cc(OCCCN4CCCCC4)ccc32)cc1. The summed E-state index contributed by atoms with van der Waals surface area (Å²) < 4.78 is 6.21. The van der Waals surface area contributed by atoms with Gasteiger partial charge in [0.15, 0.2) is 0 Å². The van der Waals surface area contributed by atoms with Gasteiger partial charge in [-0.2, -0.15) is 0 Å². The lowest BCUT2D eigenvalue weighted by atomic mass is 9.81. The van der Waals surface area contributed by atoms with Crippen molar-refractivity contribution < 1.29 is 4.74 Å². The number of halogens is 1. The summed E-state index contributed by atoms with van der Waals surface area (Å²) in [4.78, 5) is 5.26. The normalized spacial score (nSPS) is 24.4. The first-order valence-electron chi connectivity index (χ1n) is 11.8. The Hall–Kier alpha value is -1.55. The van der Waals surface area contributed by atoms with Gasteiger partial charge in [0.2, 0.25) is 0 Å². The van der Waals surface area contributed by atoms with Crippen LogP contribution in [-0.2, 0) is 0 Å². The standard InChI is InChI=1S/C26H33ClN2O/c27-21-9-7-20(8-10-21)25-19-29-16-4-6-26(29)24-18-22(11-12-23(24)25)30-17-5-15-28-13-2-1-3-14-28/h7-12,18,25-26H,1-6,13-17,19H2/t25-,26-/m1/s1. The van der Waals surface area contributed by atoms with Crippen molar-refractivity contribution in [3.05, 3.63) is 64.2 Å². The van der Waals surface area contributed by atoms with Crippen molar-refractivity contribution >= 4 is 11.6 Å². The van der Waals surface area contributed by atoms with E-state index >= 15 is 0 Å². The zero-order valence-corrected chi connectivity index (χ0v) is 18.6. The molecule has 3 aliphatic heterocycles. The zero-order valence-electron chi connectivity index (χ0n) is 17.9. The fourth-order valence-corrected chi connectivity index (χ4v) is 5.75. The maximum atomic E-state index is 6.21. The van der Waals surface area contributed by atoms with Crippen LogP contribution in [0.2, 0.25) is 5.02 Å². The molecule has 2 atom stereocenters. The van der Waals surface area contributed by atoms with Gasteiger partial charge in [0.05, 0.1) is 6.61 Å². The van der Waals surface area contributed by atoms with Crippen LogP contribution in [0.4, 0.5) is 0 Å². The summed E-state index contributed by atoms with van der Waals surface area (Å²) in [5.74, 6) is 1.45. The van der Waals surface area contributed by atoms with Crippen LogP contribution in [0.5, 0.6) is 5.75 Å². The molecule has 160 valence electrons. The van der Waals surface area contributed by atoms with E-state index in [1.54, 1.807) is 0 Å². The number of rotatable bonds is 6. The van der Waals surface area contributed by atoms with E-state index in [1.807, 2.05) is 12.1 Å². The molecule has 0 amide bonds. The van der Waals surface area contributed by atoms with Crippen LogP contribution in [0.15, 0.2) is 42.5 Å². The third kappa shape index (κ3) is 4.39. The average Bonchev–Trinajstić information content (AvgIpc) is 3.26. The number of fused-ring (bicyclic) bond motifs is 3. The molecule has 0 radical (unpaired) electrons. The Labute approximate surface area is 186 Å². The smallest absolute Gasteiger partial charge is 0.119 e. The van der Waals surface area contributed by atoms with Crippen LogP contribution in [-0.4, -0.2) is 49.1 Å². The van der Waals surface area contributed by atoms with E-state index in [0.29, 0.717) is 12.0 Å². The molecule has 30 heavy (non-hydrogen) atoms. The first-order valence-corrected chi connectivity index (χ1v) is 12.1. The molecular formula is C26H33ClN2O. The van der Waals surface area contributed by atoms with Gasteiger partial charge in [-0.25, -0.2) is 0 Å². The Morgan fingerprint density at radius 1 is 0.900 bits per heavy atom. The Balaban J connectivity index is 1.29. The van der Waals surface area contributed by atoms with Crippen molar-refractivity contribution in [3.8, 4) is 5.75 Å². The fourth-order valence-electron chi connectivity index (χ4n) is 5.62. The van der Waals surface area contributed by atoms with Crippen LogP contribution in [0.25, 0.3) is 0 Å². The second kappa shape index (κ2) is 9.30. The zero-order chi connectivity index (χ0) is 20.3. The molecule has 0 spiro atoms. The first kappa shape index (κ1) is 20.4. The molecule has 0 N–H and O–H groups in total. The summed E-state index contributed by atoms with van der Waals surface area (Å²) in [6, 6.07) is 15.8. The van der Waals surface area contributed by atoms with Crippen LogP contribution in [0.1, 0.15) is 67.2 Å². The van der Waals surface area contributed by atoms with E-state index in [9.17, 15) is 0 Å². The Kier molecular flexibility index (Phi) is 6.31. The van der Waals surface area contributed by atoms with Gasteiger partial charge in [0, 0.05) is 30.1 Å². The van der Waals surface area contributed by atoms with Gasteiger partial charge >= 0.3 is 0 Å². The minimum Gasteiger partial charge on any atom is -0.494 e. The van der Waals surface area contributed by atoms with E-state index in [4.69, 9.17) is 16.3 Å². The van der Waals surface area contributed by atoms with Gasteiger partial charge < -0.3 is 9.64 Å². The molecule has 5 rings (SSSR count). The lowest BCUT2D eigenvalue weighted by Gasteiger charge is -2.37. The van der Waals surface area contributed by atoms with Gasteiger partial charge in [-0.05, 0) is 92.7 Å². The van der Waals surface area contributed by atoms with Crippen molar-refractivity contribution in [1.82, 2.24) is 9.80 Å². The van der Waals surface area contributed by atoms with Crippen LogP contribution in [0, 0.1) is 0 Å². The maximum Gasteiger partial charge on any atom is 0.119 e. The molecule has 2 fully saturated rings. The summed E-state index contributed by atoms with van der Waals surface area (Å²) in [5, 5.41) is 0.808. The minimum atomic E-state index is 0.416. The second-order valence-corrected chi connectivity index (χ2v) is 9.59. The second-order valence-electron chi connectivity index (χ2n) is 9.15. The number of piperidine rings is 1. The van der Waals surface area contributed by atoms with Gasteiger partial charge in [-0.3, -0.25) is 4.90 Å². The van der Waals surface area contributed by atoms with Crippen molar-refractivity contribution in [2.45, 2.75) is 50.5 Å². The summed E-state index contributed by atoms with van der Waals surface area (Å²) in [6.45, 7) is 6.82. The Morgan fingerprint density at radius 3 is 2.57 bits per heavy atom. The summed E-state index contributed by atoms with van der Waals surface area (Å²) in [5.41, 5.74) is 4.31. The molecule has 0 unspecified atom stereocenters. The van der Waals surface area contributed by atoms with E-state index in [2.05, 4.69) is 40.1 Å². The van der Waals surface area contributed by atoms with E-state index < -0.39 is 0 Å². The van der Waals surface area contributed by atoms with Crippen molar-refractivity contribution in [3.63, 3.8) is 0 Å². The molecule has 3 nitrogen and oxygen atoms in total. The lowest BCUT2D eigenvalue weighted by molar-refractivity contribution is 0.204. The highest BCUT2D eigenvalue weighted by molar-refractivity contribution is 6.30. The highest BCUT2D eigenvalue weighted by atomic mass is 35.5. The van der Waals surface area contributed by atoms with Gasteiger partial charge in [-0.1, -0.05) is 36.2 Å². The quantitative estimate of drug-likeness (QED) is 0.538. The lowest BCUT2D eigenvalue weighted by Crippen LogP contribution is -2.34. The monoisotopic (exact) mass is 424 g/mol. The highest BCUT2D eigenvalue weighted by Crippen LogP contribution is 2.45. The Morgan fingerprint density at radius 2 is 1.73 bits per heavy atom. The summed E-state index contributed by atoms with van der Waals surface area (Å²) in [6.07, 6.45) is 7.78. The number of benzene rings is 2. The van der Waals surface area contributed by atoms with Crippen LogP contribution in [0.3, 0.4) is 0 Å². The molecule has 0 saturated carbocycles. The minimum absolute atomic E-state index is 0.416. The molecule has 4 heteroatoms. The molecule has 3 heterocycles. The number of ether oxygens (including phenoxy) is 1. The molecule has 0 aromatic heterocycles. The maximum absolute atomic E-state index is 6.21. The summed E-state index contributed by atoms with van der Waals surface area (Å²) >= 11 is 6.14. The van der Waals surface area contributed by atoms with Crippen LogP contribution < -0.4 is 4.74 Å². The van der Waals surface area contributed by atoms with Crippen molar-refractivity contribution in [1.29, 1.82) is 0 Å². The Bertz CT molecular complexity index is 847. The van der Waals surface area contributed by atoms with Gasteiger partial charge in [0.25, 0.3) is 0 Å². The van der Waals surface area contributed by atoms with Crippen molar-refractivity contribution in [2.75, 3.05) is 39.3 Å². The largest absolute Gasteiger partial charge is 0.494 e. The van der Waals surface area contributed by atoms with Crippen LogP contribution >= 0.6 is 11.6 Å². The molecular weight excluding hydrogens is 392 g/mol. The predicted molar refractivity (Wildman–Crippen MR) is 124 cm³/mol. The highest BCUT2D eigenvalue weighted by Gasteiger charge is 2.36. The molecule has 2 aromatic rings. The number of nitrogens with zero attached hydrogens (tertiary/aromatic N) is 2. The average molecular weight is 425 g/mol. The third-order valence-electron chi connectivity index (χ3n) is 7.18. The molecule has 0 aliphatic carbocycles. The van der Waals surface area contributed by atoms with Gasteiger partial charge in [0.1, 0.15) is 5.75 Å². The number of hydrogen-bond acceptors (Lipinski definition) is 3. The predicted octanol–water partition coefficient (Wildman–Crippen LogP) is 5.88. The van der Waals surface area contributed by atoms with E-state index in [0.717, 1.165) is 30.3 Å². The first-order chi connectivity index (χ1) is 14.8. The molecule has 0 bridgehead atoms.